The molecule has 0 radical (unpaired) electrons. The maximum atomic E-state index is 13.3. The van der Waals surface area contributed by atoms with Gasteiger partial charge in [-0.1, -0.05) is 36.4 Å². The van der Waals surface area contributed by atoms with Crippen LogP contribution in [0.2, 0.25) is 0 Å². The van der Waals surface area contributed by atoms with Gasteiger partial charge in [0, 0.05) is 17.5 Å². The molecule has 0 unspecified atom stereocenters. The number of halogens is 1. The van der Waals surface area contributed by atoms with Gasteiger partial charge in [-0.3, -0.25) is 0 Å². The van der Waals surface area contributed by atoms with E-state index < -0.39 is 0 Å². The quantitative estimate of drug-likeness (QED) is 0.640. The molecule has 2 aliphatic rings. The molecule has 0 fully saturated rings. The molecule has 1 aromatic heterocycles. The molecule has 0 saturated carbocycles. The molecule has 0 N–H and O–H groups in total. The van der Waals surface area contributed by atoms with Crippen LogP contribution in [0.4, 0.5) is 4.39 Å². The van der Waals surface area contributed by atoms with Crippen molar-refractivity contribution in [2.24, 2.45) is 5.10 Å². The average Bonchev–Trinajstić information content (AvgIpc) is 3.31. The summed E-state index contributed by atoms with van der Waals surface area (Å²) in [6.07, 6.45) is 0.497. The first-order valence-electron chi connectivity index (χ1n) is 8.20. The van der Waals surface area contributed by atoms with Crippen LogP contribution < -0.4 is 4.74 Å². The van der Waals surface area contributed by atoms with Gasteiger partial charge in [-0.25, -0.2) is 9.40 Å². The van der Waals surface area contributed by atoms with E-state index in [9.17, 15) is 4.39 Å². The smallest absolute Gasteiger partial charge is 0.213 e. The second-order valence-electron chi connectivity index (χ2n) is 6.18. The van der Waals surface area contributed by atoms with Gasteiger partial charge in [0.2, 0.25) is 6.23 Å². The molecule has 0 spiro atoms. The third-order valence-electron chi connectivity index (χ3n) is 4.66. The lowest BCUT2D eigenvalue weighted by Crippen LogP contribution is -2.33. The predicted octanol–water partition coefficient (Wildman–Crippen LogP) is 5.13. The zero-order valence-electron chi connectivity index (χ0n) is 13.3. The molecule has 2 atom stereocenters. The molecule has 5 rings (SSSR count). The molecular weight excluding hydrogens is 335 g/mol. The van der Waals surface area contributed by atoms with Gasteiger partial charge in [-0.2, -0.15) is 5.10 Å². The van der Waals surface area contributed by atoms with Gasteiger partial charge in [-0.15, -0.1) is 11.3 Å². The van der Waals surface area contributed by atoms with Crippen molar-refractivity contribution in [3.05, 3.63) is 87.9 Å². The minimum atomic E-state index is -0.349. The number of hydrogen-bond donors (Lipinski definition) is 0. The summed E-state index contributed by atoms with van der Waals surface area (Å²) in [6, 6.07) is 18.8. The first-order valence-corrected chi connectivity index (χ1v) is 9.08. The van der Waals surface area contributed by atoms with Crippen LogP contribution in [0.5, 0.6) is 5.75 Å². The van der Waals surface area contributed by atoms with E-state index in [2.05, 4.69) is 17.5 Å². The molecule has 2 aliphatic heterocycles. The first-order chi connectivity index (χ1) is 12.3. The minimum absolute atomic E-state index is 0.136. The average molecular weight is 350 g/mol. The molecule has 3 aromatic rings. The maximum absolute atomic E-state index is 13.3. The monoisotopic (exact) mass is 350 g/mol. The summed E-state index contributed by atoms with van der Waals surface area (Å²) in [6.45, 7) is 0. The second-order valence-corrected chi connectivity index (χ2v) is 7.13. The molecule has 3 heterocycles. The number of benzene rings is 2. The molecule has 0 amide bonds. The van der Waals surface area contributed by atoms with Gasteiger partial charge < -0.3 is 4.74 Å². The summed E-state index contributed by atoms with van der Waals surface area (Å²) in [5.74, 6) is 0.626. The van der Waals surface area contributed by atoms with E-state index in [0.29, 0.717) is 0 Å². The summed E-state index contributed by atoms with van der Waals surface area (Å²) in [5, 5.41) is 8.96. The Labute approximate surface area is 149 Å². The van der Waals surface area contributed by atoms with Gasteiger partial charge in [0.15, 0.2) is 0 Å². The molecule has 124 valence electrons. The molecule has 2 aromatic carbocycles. The van der Waals surface area contributed by atoms with Crippen molar-refractivity contribution < 1.29 is 9.13 Å². The van der Waals surface area contributed by atoms with E-state index in [1.807, 2.05) is 29.3 Å². The van der Waals surface area contributed by atoms with Crippen LogP contribution >= 0.6 is 11.3 Å². The zero-order chi connectivity index (χ0) is 16.8. The van der Waals surface area contributed by atoms with Crippen LogP contribution in [0.3, 0.4) is 0 Å². The third kappa shape index (κ3) is 2.43. The summed E-state index contributed by atoms with van der Waals surface area (Å²) >= 11 is 1.70. The second kappa shape index (κ2) is 5.70. The van der Waals surface area contributed by atoms with Crippen molar-refractivity contribution in [3.8, 4) is 5.75 Å². The van der Waals surface area contributed by atoms with E-state index in [4.69, 9.17) is 9.84 Å². The zero-order valence-corrected chi connectivity index (χ0v) is 14.1. The van der Waals surface area contributed by atoms with Crippen molar-refractivity contribution in [2.45, 2.75) is 18.7 Å². The number of thiophene rings is 1. The normalized spacial score (nSPS) is 21.3. The third-order valence-corrected chi connectivity index (χ3v) is 5.58. The van der Waals surface area contributed by atoms with Crippen molar-refractivity contribution in [1.29, 1.82) is 0 Å². The van der Waals surface area contributed by atoms with Gasteiger partial charge in [-0.05, 0) is 29.6 Å². The van der Waals surface area contributed by atoms with Crippen molar-refractivity contribution in [3.63, 3.8) is 0 Å². The van der Waals surface area contributed by atoms with Crippen LogP contribution in [0.1, 0.15) is 34.7 Å². The van der Waals surface area contributed by atoms with Gasteiger partial charge in [0.05, 0.1) is 16.6 Å². The SMILES string of the molecule is Fc1ccc([C@H]2Oc3ccccc3[C@H]3CC(c4cccs4)=NN32)cc1. The number of para-hydroxylation sites is 1. The summed E-state index contributed by atoms with van der Waals surface area (Å²) in [5.41, 5.74) is 3.13. The van der Waals surface area contributed by atoms with E-state index in [-0.39, 0.29) is 18.1 Å². The van der Waals surface area contributed by atoms with Crippen LogP contribution in [0, 0.1) is 5.82 Å². The molecular formula is C20H15FN2OS. The number of nitrogens with zero attached hydrogens (tertiary/aromatic N) is 2. The fourth-order valence-corrected chi connectivity index (χ4v) is 4.19. The standard InChI is InChI=1S/C20H15FN2OS/c21-14-9-7-13(8-10-14)20-23-17(15-4-1-2-5-18(15)24-20)12-16(22-23)19-6-3-11-25-19/h1-11,17,20H,12H2/t17-,20-/m1/s1. The highest BCUT2D eigenvalue weighted by atomic mass is 32.1. The number of rotatable bonds is 2. The van der Waals surface area contributed by atoms with Crippen molar-refractivity contribution in [1.82, 2.24) is 5.01 Å². The summed E-state index contributed by atoms with van der Waals surface area (Å²) in [7, 11) is 0. The van der Waals surface area contributed by atoms with Crippen molar-refractivity contribution >= 4 is 17.0 Å². The Morgan fingerprint density at radius 3 is 2.68 bits per heavy atom. The highest BCUT2D eigenvalue weighted by molar-refractivity contribution is 7.12. The first kappa shape index (κ1) is 14.7. The fourth-order valence-electron chi connectivity index (χ4n) is 3.47. The van der Waals surface area contributed by atoms with E-state index >= 15 is 0 Å². The van der Waals surface area contributed by atoms with Gasteiger partial charge in [0.25, 0.3) is 0 Å². The molecule has 25 heavy (non-hydrogen) atoms. The lowest BCUT2D eigenvalue weighted by Gasteiger charge is -2.38. The number of fused-ring (bicyclic) bond motifs is 3. The van der Waals surface area contributed by atoms with E-state index in [1.165, 1.54) is 17.0 Å². The molecule has 5 heteroatoms. The predicted molar refractivity (Wildman–Crippen MR) is 96.3 cm³/mol. The topological polar surface area (TPSA) is 24.8 Å². The van der Waals surface area contributed by atoms with Gasteiger partial charge >= 0.3 is 0 Å². The Morgan fingerprint density at radius 2 is 1.88 bits per heavy atom. The summed E-state index contributed by atoms with van der Waals surface area (Å²) in [4.78, 5) is 1.18. The molecule has 0 aliphatic carbocycles. The Balaban J connectivity index is 1.60. The van der Waals surface area contributed by atoms with Crippen LogP contribution in [0.15, 0.2) is 71.1 Å². The Morgan fingerprint density at radius 1 is 1.04 bits per heavy atom. The largest absolute Gasteiger partial charge is 0.464 e. The Kier molecular flexibility index (Phi) is 3.35. The lowest BCUT2D eigenvalue weighted by molar-refractivity contribution is -0.0190. The number of ether oxygens (including phenoxy) is 1. The van der Waals surface area contributed by atoms with Crippen LogP contribution in [0.25, 0.3) is 0 Å². The fraction of sp³-hybridized carbons (Fsp3) is 0.150. The Hall–Kier alpha value is -2.66. The number of hydrazone groups is 1. The summed E-state index contributed by atoms with van der Waals surface area (Å²) < 4.78 is 19.6. The maximum Gasteiger partial charge on any atom is 0.213 e. The molecule has 3 nitrogen and oxygen atoms in total. The highest BCUT2D eigenvalue weighted by Crippen LogP contribution is 2.47. The van der Waals surface area contributed by atoms with Gasteiger partial charge in [0.1, 0.15) is 11.6 Å². The molecule has 0 saturated heterocycles. The van der Waals surface area contributed by atoms with E-state index in [0.717, 1.165) is 29.0 Å². The molecule has 0 bridgehead atoms. The van der Waals surface area contributed by atoms with Crippen molar-refractivity contribution in [2.75, 3.05) is 0 Å². The highest BCUT2D eigenvalue weighted by Gasteiger charge is 2.40. The Bertz CT molecular complexity index is 937. The van der Waals surface area contributed by atoms with Crippen LogP contribution in [-0.4, -0.2) is 10.7 Å². The number of hydrogen-bond acceptors (Lipinski definition) is 4. The lowest BCUT2D eigenvalue weighted by atomic mass is 9.98. The van der Waals surface area contributed by atoms with Crippen LogP contribution in [-0.2, 0) is 0 Å². The van der Waals surface area contributed by atoms with E-state index in [1.54, 1.807) is 23.5 Å². The minimum Gasteiger partial charge on any atom is -0.464 e.